The molecule has 2 aliphatic rings. The van der Waals surface area contributed by atoms with E-state index in [1.165, 1.54) is 0 Å². The van der Waals surface area contributed by atoms with Gasteiger partial charge in [0, 0.05) is 18.0 Å². The molecule has 0 aromatic carbocycles. The number of rotatable bonds is 1. The molecule has 1 spiro atoms. The van der Waals surface area contributed by atoms with Crippen molar-refractivity contribution >= 4 is 0 Å². The largest absolute Gasteiger partial charge is 0.390 e. The van der Waals surface area contributed by atoms with E-state index in [2.05, 4.69) is 19.2 Å². The zero-order valence-electron chi connectivity index (χ0n) is 8.33. The number of piperidine rings is 1. The molecule has 3 atom stereocenters. The van der Waals surface area contributed by atoms with Crippen molar-refractivity contribution in [2.45, 2.75) is 44.4 Å². The predicted octanol–water partition coefficient (Wildman–Crippen LogP) is 0.116. The lowest BCUT2D eigenvalue weighted by molar-refractivity contribution is -0.0715. The zero-order chi connectivity index (χ0) is 9.64. The summed E-state index contributed by atoms with van der Waals surface area (Å²) < 4.78 is 0. The van der Waals surface area contributed by atoms with Gasteiger partial charge in [-0.15, -0.1) is 0 Å². The first-order chi connectivity index (χ1) is 6.07. The summed E-state index contributed by atoms with van der Waals surface area (Å²) in [5.41, 5.74) is 0.160. The molecule has 3 heteroatoms. The van der Waals surface area contributed by atoms with Crippen molar-refractivity contribution in [2.24, 2.45) is 11.8 Å². The minimum atomic E-state index is -0.585. The van der Waals surface area contributed by atoms with Crippen molar-refractivity contribution in [2.75, 3.05) is 6.54 Å². The zero-order valence-corrected chi connectivity index (χ0v) is 8.33. The van der Waals surface area contributed by atoms with Gasteiger partial charge >= 0.3 is 0 Å². The Morgan fingerprint density at radius 3 is 2.38 bits per heavy atom. The molecule has 2 rings (SSSR count). The number of aliphatic hydroxyl groups is 2. The second-order valence-corrected chi connectivity index (χ2v) is 4.86. The molecule has 2 fully saturated rings. The third-order valence-corrected chi connectivity index (χ3v) is 3.57. The molecular weight excluding hydrogens is 166 g/mol. The SMILES string of the molecule is CC(C)[C@@H]1[C@@H](O)[C@H](O)CNC12CC2. The van der Waals surface area contributed by atoms with Crippen LogP contribution in [0.3, 0.4) is 0 Å². The molecule has 0 aromatic rings. The van der Waals surface area contributed by atoms with Crippen LogP contribution in [0.25, 0.3) is 0 Å². The maximum Gasteiger partial charge on any atom is 0.0926 e. The van der Waals surface area contributed by atoms with Gasteiger partial charge in [-0.05, 0) is 18.8 Å². The fraction of sp³-hybridized carbons (Fsp3) is 1.00. The minimum Gasteiger partial charge on any atom is -0.390 e. The Bertz CT molecular complexity index is 201. The van der Waals surface area contributed by atoms with Gasteiger partial charge in [0.15, 0.2) is 0 Å². The van der Waals surface area contributed by atoms with Gasteiger partial charge in [-0.1, -0.05) is 13.8 Å². The Morgan fingerprint density at radius 2 is 1.92 bits per heavy atom. The standard InChI is InChI=1S/C10H19NO2/c1-6(2)8-9(13)7(12)5-11-10(8)3-4-10/h6-9,11-13H,3-5H2,1-2H3/t7-,8-,9+/m1/s1. The number of β-amino-alcohol motifs (C(OH)–C–C–N with tert-alkyl or cyclic N) is 1. The molecule has 0 bridgehead atoms. The van der Waals surface area contributed by atoms with Crippen LogP contribution in [-0.4, -0.2) is 34.5 Å². The normalized spacial score (nSPS) is 42.7. The molecule has 0 amide bonds. The third-order valence-electron chi connectivity index (χ3n) is 3.57. The van der Waals surface area contributed by atoms with E-state index >= 15 is 0 Å². The monoisotopic (exact) mass is 185 g/mol. The maximum absolute atomic E-state index is 9.89. The van der Waals surface area contributed by atoms with Crippen LogP contribution in [0, 0.1) is 11.8 Å². The molecule has 1 aliphatic carbocycles. The first-order valence-corrected chi connectivity index (χ1v) is 5.18. The van der Waals surface area contributed by atoms with Crippen LogP contribution in [0.15, 0.2) is 0 Å². The second-order valence-electron chi connectivity index (χ2n) is 4.86. The minimum absolute atomic E-state index is 0.160. The van der Waals surface area contributed by atoms with Crippen molar-refractivity contribution in [1.82, 2.24) is 5.32 Å². The van der Waals surface area contributed by atoms with Crippen LogP contribution >= 0.6 is 0 Å². The summed E-state index contributed by atoms with van der Waals surface area (Å²) in [6.07, 6.45) is 1.18. The van der Waals surface area contributed by atoms with E-state index in [0.717, 1.165) is 12.8 Å². The van der Waals surface area contributed by atoms with E-state index in [1.54, 1.807) is 0 Å². The molecule has 1 saturated heterocycles. The van der Waals surface area contributed by atoms with Crippen LogP contribution < -0.4 is 5.32 Å². The number of hydrogen-bond acceptors (Lipinski definition) is 3. The van der Waals surface area contributed by atoms with E-state index in [9.17, 15) is 10.2 Å². The van der Waals surface area contributed by atoms with E-state index < -0.39 is 12.2 Å². The average molecular weight is 185 g/mol. The molecule has 76 valence electrons. The summed E-state index contributed by atoms with van der Waals surface area (Å²) in [5, 5.41) is 22.8. The van der Waals surface area contributed by atoms with Crippen LogP contribution in [-0.2, 0) is 0 Å². The van der Waals surface area contributed by atoms with Crippen LogP contribution in [0.1, 0.15) is 26.7 Å². The van der Waals surface area contributed by atoms with E-state index in [-0.39, 0.29) is 11.5 Å². The average Bonchev–Trinajstić information content (AvgIpc) is 2.79. The molecule has 0 radical (unpaired) electrons. The summed E-state index contributed by atoms with van der Waals surface area (Å²) in [5.74, 6) is 0.649. The molecule has 0 aromatic heterocycles. The lowest BCUT2D eigenvalue weighted by Crippen LogP contribution is -2.59. The number of hydrogen-bond donors (Lipinski definition) is 3. The molecule has 3 N–H and O–H groups in total. The van der Waals surface area contributed by atoms with Crippen molar-refractivity contribution in [3.8, 4) is 0 Å². The van der Waals surface area contributed by atoms with Gasteiger partial charge in [0.1, 0.15) is 0 Å². The quantitative estimate of drug-likeness (QED) is 0.544. The van der Waals surface area contributed by atoms with Crippen molar-refractivity contribution < 1.29 is 10.2 Å². The summed E-state index contributed by atoms with van der Waals surface area (Å²) in [7, 11) is 0. The highest BCUT2D eigenvalue weighted by Crippen LogP contribution is 2.49. The highest BCUT2D eigenvalue weighted by atomic mass is 16.3. The topological polar surface area (TPSA) is 52.5 Å². The predicted molar refractivity (Wildman–Crippen MR) is 50.3 cm³/mol. The highest BCUT2D eigenvalue weighted by Gasteiger charge is 2.56. The first kappa shape index (κ1) is 9.44. The summed E-state index contributed by atoms with van der Waals surface area (Å²) in [6, 6.07) is 0. The summed E-state index contributed by atoms with van der Waals surface area (Å²) in [4.78, 5) is 0. The fourth-order valence-corrected chi connectivity index (χ4v) is 2.79. The third kappa shape index (κ3) is 1.39. The summed E-state index contributed by atoms with van der Waals surface area (Å²) in [6.45, 7) is 4.78. The Labute approximate surface area is 79.2 Å². The number of nitrogens with one attached hydrogen (secondary N) is 1. The Balaban J connectivity index is 2.16. The Morgan fingerprint density at radius 1 is 1.31 bits per heavy atom. The highest BCUT2D eigenvalue weighted by molar-refractivity contribution is 5.13. The van der Waals surface area contributed by atoms with Crippen molar-refractivity contribution in [3.05, 3.63) is 0 Å². The molecule has 1 heterocycles. The second kappa shape index (κ2) is 2.94. The van der Waals surface area contributed by atoms with Gasteiger partial charge in [-0.25, -0.2) is 0 Å². The smallest absolute Gasteiger partial charge is 0.0926 e. The van der Waals surface area contributed by atoms with Crippen molar-refractivity contribution in [3.63, 3.8) is 0 Å². The van der Waals surface area contributed by atoms with Gasteiger partial charge in [-0.3, -0.25) is 0 Å². The van der Waals surface area contributed by atoms with Crippen molar-refractivity contribution in [1.29, 1.82) is 0 Å². The Hall–Kier alpha value is -0.120. The first-order valence-electron chi connectivity index (χ1n) is 5.18. The van der Waals surface area contributed by atoms with Crippen LogP contribution in [0.5, 0.6) is 0 Å². The fourth-order valence-electron chi connectivity index (χ4n) is 2.79. The van der Waals surface area contributed by atoms with Gasteiger partial charge in [0.2, 0.25) is 0 Å². The van der Waals surface area contributed by atoms with E-state index in [4.69, 9.17) is 0 Å². The van der Waals surface area contributed by atoms with Gasteiger partial charge in [0.25, 0.3) is 0 Å². The number of aliphatic hydroxyl groups excluding tert-OH is 2. The lowest BCUT2D eigenvalue weighted by atomic mass is 9.77. The summed E-state index contributed by atoms with van der Waals surface area (Å²) >= 11 is 0. The van der Waals surface area contributed by atoms with Gasteiger partial charge in [0.05, 0.1) is 12.2 Å². The van der Waals surface area contributed by atoms with E-state index in [0.29, 0.717) is 12.5 Å². The molecular formula is C10H19NO2. The van der Waals surface area contributed by atoms with Crippen LogP contribution in [0.2, 0.25) is 0 Å². The molecule has 1 saturated carbocycles. The molecule has 1 aliphatic heterocycles. The van der Waals surface area contributed by atoms with Gasteiger partial charge in [-0.2, -0.15) is 0 Å². The van der Waals surface area contributed by atoms with Gasteiger partial charge < -0.3 is 15.5 Å². The molecule has 3 nitrogen and oxygen atoms in total. The maximum atomic E-state index is 9.89. The Kier molecular flexibility index (Phi) is 2.13. The molecule has 0 unspecified atom stereocenters. The molecule has 13 heavy (non-hydrogen) atoms. The van der Waals surface area contributed by atoms with E-state index in [1.807, 2.05) is 0 Å². The lowest BCUT2D eigenvalue weighted by Gasteiger charge is -2.42. The van der Waals surface area contributed by atoms with Crippen LogP contribution in [0.4, 0.5) is 0 Å².